The Labute approximate surface area is 150 Å². The lowest BCUT2D eigenvalue weighted by molar-refractivity contribution is -0.140. The molecule has 0 saturated heterocycles. The zero-order chi connectivity index (χ0) is 18.3. The van der Waals surface area contributed by atoms with E-state index in [1.54, 1.807) is 17.6 Å². The summed E-state index contributed by atoms with van der Waals surface area (Å²) < 4.78 is 13.0. The second-order valence-corrected chi connectivity index (χ2v) is 6.32. The van der Waals surface area contributed by atoms with Crippen molar-refractivity contribution in [3.05, 3.63) is 47.8 Å². The summed E-state index contributed by atoms with van der Waals surface area (Å²) in [5.74, 6) is 0.997. The molecule has 1 aliphatic heterocycles. The molecule has 2 heterocycles. The number of anilines is 1. The van der Waals surface area contributed by atoms with Crippen LogP contribution in [0.1, 0.15) is 24.4 Å². The Kier molecular flexibility index (Phi) is 3.91. The molecule has 26 heavy (non-hydrogen) atoms. The van der Waals surface area contributed by atoms with Crippen LogP contribution in [0.4, 0.5) is 5.69 Å². The van der Waals surface area contributed by atoms with E-state index in [0.29, 0.717) is 48.2 Å². The van der Waals surface area contributed by atoms with E-state index in [2.05, 4.69) is 4.98 Å². The van der Waals surface area contributed by atoms with Gasteiger partial charge in [-0.1, -0.05) is 12.1 Å². The van der Waals surface area contributed by atoms with Crippen LogP contribution in [0.3, 0.4) is 0 Å². The lowest BCUT2D eigenvalue weighted by atomic mass is 10.1. The molecule has 1 unspecified atom stereocenters. The molecule has 0 radical (unpaired) electrons. The van der Waals surface area contributed by atoms with Crippen LogP contribution in [0.15, 0.2) is 36.4 Å². The predicted molar refractivity (Wildman–Crippen MR) is 96.7 cm³/mol. The van der Waals surface area contributed by atoms with Gasteiger partial charge in [-0.3, -0.25) is 0 Å². The number of fused-ring (bicyclic) bond motifs is 2. The van der Waals surface area contributed by atoms with Crippen LogP contribution in [0.5, 0.6) is 11.5 Å². The van der Waals surface area contributed by atoms with Crippen molar-refractivity contribution in [2.75, 3.05) is 18.9 Å². The van der Waals surface area contributed by atoms with Crippen LogP contribution >= 0.6 is 0 Å². The van der Waals surface area contributed by atoms with Gasteiger partial charge >= 0.3 is 5.97 Å². The molecule has 0 bridgehead atoms. The van der Waals surface area contributed by atoms with E-state index >= 15 is 0 Å². The van der Waals surface area contributed by atoms with E-state index < -0.39 is 12.0 Å². The van der Waals surface area contributed by atoms with Gasteiger partial charge in [-0.2, -0.15) is 0 Å². The summed E-state index contributed by atoms with van der Waals surface area (Å²) in [6, 6.07) is 10.3. The van der Waals surface area contributed by atoms with Gasteiger partial charge in [0.2, 0.25) is 0 Å². The minimum Gasteiger partial charge on any atom is -0.486 e. The molecule has 7 nitrogen and oxygen atoms in total. The van der Waals surface area contributed by atoms with Crippen molar-refractivity contribution < 1.29 is 19.4 Å². The molecule has 0 amide bonds. The second-order valence-electron chi connectivity index (χ2n) is 6.32. The van der Waals surface area contributed by atoms with Crippen molar-refractivity contribution in [3.8, 4) is 11.5 Å². The number of aromatic nitrogens is 2. The Morgan fingerprint density at radius 1 is 1.23 bits per heavy atom. The van der Waals surface area contributed by atoms with E-state index in [1.807, 2.05) is 30.3 Å². The number of imidazole rings is 1. The van der Waals surface area contributed by atoms with Gasteiger partial charge in [-0.05, 0) is 24.6 Å². The summed E-state index contributed by atoms with van der Waals surface area (Å²) in [5, 5.41) is 9.56. The number of benzene rings is 2. The average molecular weight is 353 g/mol. The van der Waals surface area contributed by atoms with E-state index in [9.17, 15) is 9.90 Å². The van der Waals surface area contributed by atoms with Crippen LogP contribution < -0.4 is 15.2 Å². The molecule has 1 atom stereocenters. The van der Waals surface area contributed by atoms with Gasteiger partial charge in [0, 0.05) is 24.2 Å². The Morgan fingerprint density at radius 3 is 2.54 bits per heavy atom. The molecule has 3 aromatic rings. The molecule has 1 aromatic heterocycles. The van der Waals surface area contributed by atoms with Gasteiger partial charge in [-0.15, -0.1) is 0 Å². The van der Waals surface area contributed by atoms with Crippen molar-refractivity contribution in [2.45, 2.75) is 19.4 Å². The molecule has 2 aromatic carbocycles. The Bertz CT molecular complexity index is 979. The molecule has 4 rings (SSSR count). The maximum atomic E-state index is 11.7. The third-order valence-corrected chi connectivity index (χ3v) is 4.51. The number of nitrogens with two attached hydrogens (primary N) is 1. The monoisotopic (exact) mass is 353 g/mol. The normalized spacial score (nSPS) is 14.3. The maximum absolute atomic E-state index is 11.7. The van der Waals surface area contributed by atoms with Crippen LogP contribution in [0.25, 0.3) is 11.0 Å². The summed E-state index contributed by atoms with van der Waals surface area (Å²) in [6.07, 6.45) is 0.499. The number of hydrogen-bond donors (Lipinski definition) is 2. The van der Waals surface area contributed by atoms with Crippen molar-refractivity contribution in [1.82, 2.24) is 9.55 Å². The van der Waals surface area contributed by atoms with Crippen molar-refractivity contribution >= 4 is 22.7 Å². The largest absolute Gasteiger partial charge is 0.486 e. The summed E-state index contributed by atoms with van der Waals surface area (Å²) in [5.41, 5.74) is 8.84. The van der Waals surface area contributed by atoms with Gasteiger partial charge < -0.3 is 24.9 Å². The van der Waals surface area contributed by atoms with Gasteiger partial charge in [-0.25, -0.2) is 9.78 Å². The van der Waals surface area contributed by atoms with Gasteiger partial charge in [0.05, 0.1) is 11.0 Å². The molecule has 134 valence electrons. The summed E-state index contributed by atoms with van der Waals surface area (Å²) >= 11 is 0. The molecule has 0 spiro atoms. The highest BCUT2D eigenvalue weighted by Gasteiger charge is 2.24. The van der Waals surface area contributed by atoms with Gasteiger partial charge in [0.1, 0.15) is 25.1 Å². The molecule has 1 aliphatic rings. The lowest BCUT2D eigenvalue weighted by Gasteiger charge is -2.19. The average Bonchev–Trinajstić information content (AvgIpc) is 2.97. The number of nitrogen functional groups attached to an aromatic ring is 1. The topological polar surface area (TPSA) is 99.6 Å². The first-order valence-corrected chi connectivity index (χ1v) is 8.40. The Balaban J connectivity index is 1.85. The third-order valence-electron chi connectivity index (χ3n) is 4.51. The van der Waals surface area contributed by atoms with Crippen LogP contribution in [-0.2, 0) is 11.2 Å². The number of carboxylic acids is 1. The molecule has 0 aliphatic carbocycles. The molecule has 3 N–H and O–H groups in total. The zero-order valence-electron chi connectivity index (χ0n) is 14.3. The van der Waals surface area contributed by atoms with Gasteiger partial charge in [0.15, 0.2) is 11.5 Å². The molecular formula is C19H19N3O4. The Hall–Kier alpha value is -3.22. The van der Waals surface area contributed by atoms with E-state index in [4.69, 9.17) is 15.2 Å². The highest BCUT2D eigenvalue weighted by atomic mass is 16.6. The fraction of sp³-hybridized carbons (Fsp3) is 0.263. The standard InChI is InChI=1S/C19H19N3O4/c1-11(19(23)24)22-15-10-17-16(25-6-7-26-17)9-14(15)21-18(22)8-12-2-4-13(20)5-3-12/h2-5,9-11H,6-8,20H2,1H3,(H,23,24). The summed E-state index contributed by atoms with van der Waals surface area (Å²) in [7, 11) is 0. The third kappa shape index (κ3) is 2.81. The fourth-order valence-corrected chi connectivity index (χ4v) is 3.17. The number of rotatable bonds is 4. The van der Waals surface area contributed by atoms with Crippen LogP contribution in [0, 0.1) is 0 Å². The molecule has 7 heteroatoms. The second kappa shape index (κ2) is 6.25. The first kappa shape index (κ1) is 16.3. The number of carboxylic acid groups (broad SMARTS) is 1. The van der Waals surface area contributed by atoms with E-state index in [-0.39, 0.29) is 0 Å². The first-order chi connectivity index (χ1) is 12.5. The predicted octanol–water partition coefficient (Wildman–Crippen LogP) is 2.63. The molecular weight excluding hydrogens is 334 g/mol. The number of hydrogen-bond acceptors (Lipinski definition) is 5. The highest BCUT2D eigenvalue weighted by Crippen LogP contribution is 2.36. The number of aliphatic carboxylic acids is 1. The smallest absolute Gasteiger partial charge is 0.326 e. The number of carbonyl (C=O) groups is 1. The van der Waals surface area contributed by atoms with Gasteiger partial charge in [0.25, 0.3) is 0 Å². The quantitative estimate of drug-likeness (QED) is 0.700. The Morgan fingerprint density at radius 2 is 1.88 bits per heavy atom. The van der Waals surface area contributed by atoms with Crippen molar-refractivity contribution in [3.63, 3.8) is 0 Å². The maximum Gasteiger partial charge on any atom is 0.326 e. The highest BCUT2D eigenvalue weighted by molar-refractivity contribution is 5.83. The summed E-state index contributed by atoms with van der Waals surface area (Å²) in [6.45, 7) is 2.61. The van der Waals surface area contributed by atoms with Crippen LogP contribution in [-0.4, -0.2) is 33.8 Å². The molecule has 0 saturated carbocycles. The fourth-order valence-electron chi connectivity index (χ4n) is 3.17. The minimum absolute atomic E-state index is 0.472. The van der Waals surface area contributed by atoms with E-state index in [0.717, 1.165) is 11.1 Å². The van der Waals surface area contributed by atoms with Crippen molar-refractivity contribution in [2.24, 2.45) is 0 Å². The van der Waals surface area contributed by atoms with Crippen LogP contribution in [0.2, 0.25) is 0 Å². The van der Waals surface area contributed by atoms with E-state index in [1.165, 1.54) is 0 Å². The lowest BCUT2D eigenvalue weighted by Crippen LogP contribution is -2.18. The first-order valence-electron chi connectivity index (χ1n) is 8.40. The SMILES string of the molecule is CC(C(=O)O)n1c(Cc2ccc(N)cc2)nc2cc3c(cc21)OCCO3. The van der Waals surface area contributed by atoms with Crippen molar-refractivity contribution in [1.29, 1.82) is 0 Å². The number of ether oxygens (including phenoxy) is 2. The summed E-state index contributed by atoms with van der Waals surface area (Å²) in [4.78, 5) is 16.3. The number of nitrogens with zero attached hydrogens (tertiary/aromatic N) is 2. The minimum atomic E-state index is -0.919. The molecule has 0 fully saturated rings. The zero-order valence-corrected chi connectivity index (χ0v) is 14.3.